The van der Waals surface area contributed by atoms with Crippen LogP contribution < -0.4 is 4.74 Å². The Kier molecular flexibility index (Phi) is 6.65. The lowest BCUT2D eigenvalue weighted by molar-refractivity contribution is -0.129. The Labute approximate surface area is 161 Å². The van der Waals surface area contributed by atoms with Crippen molar-refractivity contribution in [2.24, 2.45) is 5.92 Å². The number of ketones is 1. The van der Waals surface area contributed by atoms with Crippen LogP contribution in [0.15, 0.2) is 35.6 Å². The van der Waals surface area contributed by atoms with Gasteiger partial charge in [-0.25, -0.2) is 0 Å². The van der Waals surface area contributed by atoms with Crippen molar-refractivity contribution in [3.05, 3.63) is 41.2 Å². The van der Waals surface area contributed by atoms with Crippen molar-refractivity contribution in [1.82, 2.24) is 9.80 Å². The Bertz CT molecular complexity index is 737. The van der Waals surface area contributed by atoms with Crippen LogP contribution in [0.2, 0.25) is 0 Å². The maximum Gasteiger partial charge on any atom is 0.290 e. The normalized spacial score (nSPS) is 17.6. The predicted molar refractivity (Wildman–Crippen MR) is 105 cm³/mol. The Morgan fingerprint density at radius 3 is 2.48 bits per heavy atom. The monoisotopic (exact) mass is 374 g/mol. The first-order valence-corrected chi connectivity index (χ1v) is 9.33. The Morgan fingerprint density at radius 1 is 1.26 bits per heavy atom. The van der Waals surface area contributed by atoms with E-state index in [2.05, 4.69) is 0 Å². The van der Waals surface area contributed by atoms with Gasteiger partial charge in [-0.2, -0.15) is 0 Å². The molecule has 0 fully saturated rings. The van der Waals surface area contributed by atoms with Crippen LogP contribution in [0.25, 0.3) is 0 Å². The Balaban J connectivity index is 2.50. The smallest absolute Gasteiger partial charge is 0.290 e. The highest BCUT2D eigenvalue weighted by molar-refractivity contribution is 6.09. The zero-order valence-corrected chi connectivity index (χ0v) is 17.0. The molecule has 1 N–H and O–H groups in total. The highest BCUT2D eigenvalue weighted by Gasteiger charge is 2.43. The van der Waals surface area contributed by atoms with E-state index in [9.17, 15) is 14.7 Å². The number of Topliss-reactive ketones (excluding diaryl/α,β-unsaturated/α-hetero) is 1. The van der Waals surface area contributed by atoms with Crippen molar-refractivity contribution in [3.63, 3.8) is 0 Å². The number of hydrogen-bond acceptors (Lipinski definition) is 5. The third kappa shape index (κ3) is 4.69. The van der Waals surface area contributed by atoms with Gasteiger partial charge < -0.3 is 19.6 Å². The summed E-state index contributed by atoms with van der Waals surface area (Å²) in [5.41, 5.74) is 0.934. The summed E-state index contributed by atoms with van der Waals surface area (Å²) in [5, 5.41) is 10.5. The molecule has 2 rings (SSSR count). The molecule has 27 heavy (non-hydrogen) atoms. The summed E-state index contributed by atoms with van der Waals surface area (Å²) in [6, 6.07) is 6.78. The predicted octanol–water partition coefficient (Wildman–Crippen LogP) is 2.96. The summed E-state index contributed by atoms with van der Waals surface area (Å²) in [7, 11) is 3.83. The van der Waals surface area contributed by atoms with Gasteiger partial charge in [0.15, 0.2) is 11.5 Å². The van der Waals surface area contributed by atoms with Crippen molar-refractivity contribution in [2.45, 2.75) is 39.8 Å². The maximum absolute atomic E-state index is 12.8. The molecule has 1 unspecified atom stereocenters. The lowest BCUT2D eigenvalue weighted by Crippen LogP contribution is -2.36. The van der Waals surface area contributed by atoms with Crippen molar-refractivity contribution in [1.29, 1.82) is 0 Å². The summed E-state index contributed by atoms with van der Waals surface area (Å²) in [5.74, 6) is -0.798. The van der Waals surface area contributed by atoms with Crippen LogP contribution in [0.3, 0.4) is 0 Å². The number of rotatable bonds is 8. The first kappa shape index (κ1) is 21.0. The lowest BCUT2D eigenvalue weighted by Gasteiger charge is -2.28. The molecule has 1 aliphatic rings. The van der Waals surface area contributed by atoms with Crippen LogP contribution in [0.1, 0.15) is 39.3 Å². The first-order valence-electron chi connectivity index (χ1n) is 9.33. The second-order valence-electron chi connectivity index (χ2n) is 7.72. The van der Waals surface area contributed by atoms with Crippen LogP contribution in [-0.4, -0.2) is 59.9 Å². The second kappa shape index (κ2) is 8.57. The topological polar surface area (TPSA) is 70.1 Å². The quantitative estimate of drug-likeness (QED) is 0.758. The maximum atomic E-state index is 12.8. The van der Waals surface area contributed by atoms with Crippen molar-refractivity contribution in [2.75, 3.05) is 27.2 Å². The third-order valence-electron chi connectivity index (χ3n) is 4.43. The highest BCUT2D eigenvalue weighted by Crippen LogP contribution is 2.39. The van der Waals surface area contributed by atoms with Gasteiger partial charge in [0.25, 0.3) is 5.91 Å². The van der Waals surface area contributed by atoms with Gasteiger partial charge in [-0.05, 0) is 45.6 Å². The molecule has 0 spiro atoms. The number of likely N-dealkylation sites (N-methyl/N-ethyl adjacent to an activating group) is 1. The van der Waals surface area contributed by atoms with Crippen LogP contribution >= 0.6 is 0 Å². The van der Waals surface area contributed by atoms with Gasteiger partial charge in [-0.1, -0.05) is 26.0 Å². The zero-order chi connectivity index (χ0) is 20.3. The summed E-state index contributed by atoms with van der Waals surface area (Å²) in [6.07, 6.45) is 0.0102. The molecule has 1 heterocycles. The fourth-order valence-corrected chi connectivity index (χ4v) is 3.13. The van der Waals surface area contributed by atoms with E-state index < -0.39 is 17.7 Å². The molecule has 1 aliphatic heterocycles. The zero-order valence-electron chi connectivity index (χ0n) is 17.0. The van der Waals surface area contributed by atoms with Gasteiger partial charge in [0.05, 0.1) is 17.7 Å². The van der Waals surface area contributed by atoms with Crippen molar-refractivity contribution in [3.8, 4) is 5.75 Å². The van der Waals surface area contributed by atoms with Gasteiger partial charge in [0, 0.05) is 19.0 Å². The number of aliphatic hydroxyl groups is 1. The molecule has 148 valence electrons. The van der Waals surface area contributed by atoms with E-state index in [0.717, 1.165) is 5.56 Å². The molecule has 6 nitrogen and oxygen atoms in total. The number of aliphatic hydroxyl groups excluding tert-OH is 1. The molecule has 0 saturated heterocycles. The Morgan fingerprint density at radius 2 is 1.93 bits per heavy atom. The largest absolute Gasteiger partial charge is 0.503 e. The van der Waals surface area contributed by atoms with Gasteiger partial charge in [0.1, 0.15) is 5.75 Å². The molecule has 0 radical (unpaired) electrons. The summed E-state index contributed by atoms with van der Waals surface area (Å²) < 4.78 is 5.77. The number of benzene rings is 1. The highest BCUT2D eigenvalue weighted by atomic mass is 16.5. The second-order valence-corrected chi connectivity index (χ2v) is 7.72. The lowest BCUT2D eigenvalue weighted by atomic mass is 9.91. The minimum Gasteiger partial charge on any atom is -0.503 e. The molecule has 1 aromatic rings. The van der Waals surface area contributed by atoms with Gasteiger partial charge in [-0.3, -0.25) is 9.59 Å². The van der Waals surface area contributed by atoms with Gasteiger partial charge in [0.2, 0.25) is 0 Å². The molecule has 1 amide bonds. The van der Waals surface area contributed by atoms with E-state index in [4.69, 9.17) is 4.74 Å². The number of carbonyl (C=O) groups excluding carboxylic acids is 2. The average Bonchev–Trinajstić information content (AvgIpc) is 2.83. The van der Waals surface area contributed by atoms with E-state index >= 15 is 0 Å². The standard InChI is InChI=1S/C21H30N2O4/c1-13(2)19(24)17-18(15-8-7-9-16(12-15)27-14(3)4)23(11-10-22(5)6)21(26)20(17)25/h7-9,12-14,18,25H,10-11H2,1-6H3. The molecule has 6 heteroatoms. The summed E-state index contributed by atoms with van der Waals surface area (Å²) >= 11 is 0. The van der Waals surface area contributed by atoms with E-state index in [-0.39, 0.29) is 23.4 Å². The fourth-order valence-electron chi connectivity index (χ4n) is 3.13. The van der Waals surface area contributed by atoms with Gasteiger partial charge >= 0.3 is 0 Å². The van der Waals surface area contributed by atoms with E-state index in [1.165, 1.54) is 0 Å². The van der Waals surface area contributed by atoms with Crippen LogP contribution in [-0.2, 0) is 9.59 Å². The van der Waals surface area contributed by atoms with Crippen LogP contribution in [0.5, 0.6) is 5.75 Å². The number of amides is 1. The Hall–Kier alpha value is -2.34. The van der Waals surface area contributed by atoms with Crippen molar-refractivity contribution >= 4 is 11.7 Å². The average molecular weight is 374 g/mol. The SMILES string of the molecule is CC(C)Oc1cccc(C2C(C(=O)C(C)C)=C(O)C(=O)N2CCN(C)C)c1. The van der Waals surface area contributed by atoms with E-state index in [1.807, 2.05) is 57.1 Å². The third-order valence-corrected chi connectivity index (χ3v) is 4.43. The van der Waals surface area contributed by atoms with E-state index in [0.29, 0.717) is 18.8 Å². The molecule has 1 aromatic carbocycles. The van der Waals surface area contributed by atoms with Gasteiger partial charge in [-0.15, -0.1) is 0 Å². The molecule has 1 atom stereocenters. The van der Waals surface area contributed by atoms with Crippen LogP contribution in [0.4, 0.5) is 0 Å². The first-order chi connectivity index (χ1) is 12.6. The summed E-state index contributed by atoms with van der Waals surface area (Å²) in [4.78, 5) is 29.0. The molecular weight excluding hydrogens is 344 g/mol. The fraction of sp³-hybridized carbons (Fsp3) is 0.524. The molecular formula is C21H30N2O4. The molecule has 0 bridgehead atoms. The van der Waals surface area contributed by atoms with Crippen molar-refractivity contribution < 1.29 is 19.4 Å². The minimum absolute atomic E-state index is 0.0102. The number of ether oxygens (including phenoxy) is 1. The number of carbonyl (C=O) groups is 2. The number of hydrogen-bond donors (Lipinski definition) is 1. The minimum atomic E-state index is -0.608. The molecule has 0 saturated carbocycles. The van der Waals surface area contributed by atoms with E-state index in [1.54, 1.807) is 18.7 Å². The van der Waals surface area contributed by atoms with Crippen LogP contribution in [0, 0.1) is 5.92 Å². The molecule has 0 aromatic heterocycles. The number of nitrogens with zero attached hydrogens (tertiary/aromatic N) is 2. The summed E-state index contributed by atoms with van der Waals surface area (Å²) in [6.45, 7) is 8.45. The molecule has 0 aliphatic carbocycles.